The molecule has 1 amide bonds. The molecule has 6 nitrogen and oxygen atoms in total. The lowest BCUT2D eigenvalue weighted by Crippen LogP contribution is -2.39. The van der Waals surface area contributed by atoms with E-state index in [0.29, 0.717) is 6.54 Å². The van der Waals surface area contributed by atoms with Crippen molar-refractivity contribution in [2.24, 2.45) is 7.05 Å². The van der Waals surface area contributed by atoms with Crippen LogP contribution in [0.3, 0.4) is 0 Å². The zero-order chi connectivity index (χ0) is 15.7. The fourth-order valence-electron chi connectivity index (χ4n) is 2.75. The molecule has 0 fully saturated rings. The maximum absolute atomic E-state index is 12.5. The second-order valence-corrected chi connectivity index (χ2v) is 7.24. The predicted octanol–water partition coefficient (Wildman–Crippen LogP) is 1.17. The van der Waals surface area contributed by atoms with Crippen LogP contribution in [-0.2, 0) is 28.1 Å². The third-order valence-corrected chi connectivity index (χ3v) is 5.36. The Bertz CT molecular complexity index is 811. The van der Waals surface area contributed by atoms with E-state index in [0.717, 1.165) is 24.1 Å². The molecular formula is C15H17N3O3S. The molecule has 0 bridgehead atoms. The molecule has 0 unspecified atom stereocenters. The van der Waals surface area contributed by atoms with Gasteiger partial charge in [0, 0.05) is 31.7 Å². The average Bonchev–Trinajstić information content (AvgIpc) is 2.93. The number of benzene rings is 1. The fourth-order valence-corrected chi connectivity index (χ4v) is 4.08. The second-order valence-electron chi connectivity index (χ2n) is 5.36. The predicted molar refractivity (Wildman–Crippen MR) is 82.4 cm³/mol. The summed E-state index contributed by atoms with van der Waals surface area (Å²) in [6, 6.07) is 7.62. The topological polar surface area (TPSA) is 72.3 Å². The number of aryl methyl sites for hydroxylation is 2. The van der Waals surface area contributed by atoms with E-state index < -0.39 is 21.5 Å². The Balaban J connectivity index is 1.86. The number of amides is 1. The summed E-state index contributed by atoms with van der Waals surface area (Å²) in [6.07, 6.45) is 4.71. The number of imidazole rings is 1. The van der Waals surface area contributed by atoms with E-state index in [1.54, 1.807) is 18.1 Å². The molecule has 0 aliphatic carbocycles. The SMILES string of the molecule is Cn1ccnc1S(=O)(=O)CC(=O)N1CCCc2ccccc21. The molecule has 1 aromatic heterocycles. The Labute approximate surface area is 129 Å². The van der Waals surface area contributed by atoms with Gasteiger partial charge in [-0.15, -0.1) is 0 Å². The Kier molecular flexibility index (Phi) is 3.74. The number of anilines is 1. The van der Waals surface area contributed by atoms with Crippen LogP contribution < -0.4 is 4.90 Å². The summed E-state index contributed by atoms with van der Waals surface area (Å²) < 4.78 is 26.1. The van der Waals surface area contributed by atoms with Crippen LogP contribution in [0, 0.1) is 0 Å². The number of hydrogen-bond acceptors (Lipinski definition) is 4. The highest BCUT2D eigenvalue weighted by atomic mass is 32.2. The van der Waals surface area contributed by atoms with Gasteiger partial charge in [-0.25, -0.2) is 13.4 Å². The normalized spacial score (nSPS) is 14.7. The van der Waals surface area contributed by atoms with Gasteiger partial charge in [0.2, 0.25) is 20.9 Å². The van der Waals surface area contributed by atoms with Gasteiger partial charge >= 0.3 is 0 Å². The van der Waals surface area contributed by atoms with Crippen molar-refractivity contribution >= 4 is 21.4 Å². The van der Waals surface area contributed by atoms with Crippen molar-refractivity contribution < 1.29 is 13.2 Å². The van der Waals surface area contributed by atoms with E-state index in [4.69, 9.17) is 0 Å². The molecular weight excluding hydrogens is 302 g/mol. The number of carbonyl (C=O) groups excluding carboxylic acids is 1. The molecule has 1 aromatic carbocycles. The number of sulfone groups is 1. The van der Waals surface area contributed by atoms with Crippen LogP contribution >= 0.6 is 0 Å². The van der Waals surface area contributed by atoms with Crippen molar-refractivity contribution in [3.05, 3.63) is 42.2 Å². The standard InChI is InChI=1S/C15H17N3O3S/c1-17-10-8-16-15(17)22(20,21)11-14(19)18-9-4-6-12-5-2-3-7-13(12)18/h2-3,5,7-8,10H,4,6,9,11H2,1H3. The molecule has 0 radical (unpaired) electrons. The van der Waals surface area contributed by atoms with Gasteiger partial charge < -0.3 is 9.47 Å². The highest BCUT2D eigenvalue weighted by Crippen LogP contribution is 2.27. The number of rotatable bonds is 3. The van der Waals surface area contributed by atoms with Crippen molar-refractivity contribution in [2.75, 3.05) is 17.2 Å². The van der Waals surface area contributed by atoms with Gasteiger partial charge in [-0.2, -0.15) is 0 Å². The zero-order valence-corrected chi connectivity index (χ0v) is 13.1. The molecule has 2 aromatic rings. The van der Waals surface area contributed by atoms with Crippen LogP contribution in [0.1, 0.15) is 12.0 Å². The maximum atomic E-state index is 12.5. The van der Waals surface area contributed by atoms with Gasteiger partial charge in [0.05, 0.1) is 0 Å². The molecule has 1 aliphatic heterocycles. The van der Waals surface area contributed by atoms with Crippen molar-refractivity contribution in [1.82, 2.24) is 9.55 Å². The minimum atomic E-state index is -3.74. The Morgan fingerprint density at radius 2 is 2.09 bits per heavy atom. The smallest absolute Gasteiger partial charge is 0.242 e. The third kappa shape index (κ3) is 2.64. The molecule has 3 rings (SSSR count). The molecule has 7 heteroatoms. The highest BCUT2D eigenvalue weighted by Gasteiger charge is 2.29. The van der Waals surface area contributed by atoms with Crippen LogP contribution in [0.5, 0.6) is 0 Å². The van der Waals surface area contributed by atoms with Gasteiger partial charge in [-0.1, -0.05) is 18.2 Å². The first-order valence-electron chi connectivity index (χ1n) is 7.07. The van der Waals surface area contributed by atoms with E-state index in [2.05, 4.69) is 4.98 Å². The van der Waals surface area contributed by atoms with Crippen molar-refractivity contribution in [3.8, 4) is 0 Å². The molecule has 2 heterocycles. The fraction of sp³-hybridized carbons (Fsp3) is 0.333. The minimum Gasteiger partial charge on any atom is -0.325 e. The number of hydrogen-bond donors (Lipinski definition) is 0. The molecule has 0 saturated carbocycles. The first-order valence-corrected chi connectivity index (χ1v) is 8.72. The lowest BCUT2D eigenvalue weighted by Gasteiger charge is -2.29. The molecule has 0 spiro atoms. The zero-order valence-electron chi connectivity index (χ0n) is 12.3. The van der Waals surface area contributed by atoms with E-state index in [1.807, 2.05) is 24.3 Å². The Morgan fingerprint density at radius 3 is 2.82 bits per heavy atom. The van der Waals surface area contributed by atoms with Gasteiger partial charge in [0.15, 0.2) is 0 Å². The van der Waals surface area contributed by atoms with E-state index in [1.165, 1.54) is 10.8 Å². The lowest BCUT2D eigenvalue weighted by molar-refractivity contribution is -0.116. The highest BCUT2D eigenvalue weighted by molar-refractivity contribution is 7.92. The summed E-state index contributed by atoms with van der Waals surface area (Å²) in [5.74, 6) is -0.971. The van der Waals surface area contributed by atoms with Crippen LogP contribution in [0.2, 0.25) is 0 Å². The molecule has 22 heavy (non-hydrogen) atoms. The van der Waals surface area contributed by atoms with Crippen molar-refractivity contribution in [3.63, 3.8) is 0 Å². The number of fused-ring (bicyclic) bond motifs is 1. The monoisotopic (exact) mass is 319 g/mol. The van der Waals surface area contributed by atoms with E-state index in [9.17, 15) is 13.2 Å². The number of aromatic nitrogens is 2. The maximum Gasteiger partial charge on any atom is 0.242 e. The van der Waals surface area contributed by atoms with Crippen LogP contribution in [0.25, 0.3) is 0 Å². The molecule has 0 saturated heterocycles. The molecule has 116 valence electrons. The molecule has 0 N–H and O–H groups in total. The van der Waals surface area contributed by atoms with E-state index in [-0.39, 0.29) is 5.16 Å². The summed E-state index contributed by atoms with van der Waals surface area (Å²) in [5.41, 5.74) is 1.89. The summed E-state index contributed by atoms with van der Waals surface area (Å²) >= 11 is 0. The largest absolute Gasteiger partial charge is 0.325 e. The van der Waals surface area contributed by atoms with Crippen LogP contribution in [-0.4, -0.2) is 36.2 Å². The molecule has 0 atom stereocenters. The first kappa shape index (κ1) is 14.8. The summed E-state index contributed by atoms with van der Waals surface area (Å²) in [5, 5.41) is -0.0776. The molecule has 1 aliphatic rings. The van der Waals surface area contributed by atoms with Gasteiger partial charge in [0.25, 0.3) is 0 Å². The Hall–Kier alpha value is -2.15. The van der Waals surface area contributed by atoms with Gasteiger partial charge in [0.1, 0.15) is 5.75 Å². The lowest BCUT2D eigenvalue weighted by atomic mass is 10.0. The Morgan fingerprint density at radius 1 is 1.32 bits per heavy atom. The third-order valence-electron chi connectivity index (χ3n) is 3.78. The van der Waals surface area contributed by atoms with Crippen LogP contribution in [0.15, 0.2) is 41.8 Å². The summed E-state index contributed by atoms with van der Waals surface area (Å²) in [7, 11) is -2.14. The van der Waals surface area contributed by atoms with Gasteiger partial charge in [-0.05, 0) is 24.5 Å². The quantitative estimate of drug-likeness (QED) is 0.851. The number of nitrogens with zero attached hydrogens (tertiary/aromatic N) is 3. The first-order chi connectivity index (χ1) is 10.5. The van der Waals surface area contributed by atoms with Gasteiger partial charge in [-0.3, -0.25) is 4.79 Å². The number of carbonyl (C=O) groups is 1. The summed E-state index contributed by atoms with van der Waals surface area (Å²) in [4.78, 5) is 17.9. The number of para-hydroxylation sites is 1. The van der Waals surface area contributed by atoms with Crippen LogP contribution in [0.4, 0.5) is 5.69 Å². The average molecular weight is 319 g/mol. The van der Waals surface area contributed by atoms with E-state index >= 15 is 0 Å². The minimum absolute atomic E-state index is 0.0776. The summed E-state index contributed by atoms with van der Waals surface area (Å²) in [6.45, 7) is 0.548. The second kappa shape index (κ2) is 5.57. The van der Waals surface area contributed by atoms with Crippen molar-refractivity contribution in [1.29, 1.82) is 0 Å². The van der Waals surface area contributed by atoms with Crippen molar-refractivity contribution in [2.45, 2.75) is 18.0 Å².